The number of para-hydroxylation sites is 1. The predicted molar refractivity (Wildman–Crippen MR) is 116 cm³/mol. The van der Waals surface area contributed by atoms with E-state index in [0.29, 0.717) is 11.7 Å². The Kier molecular flexibility index (Phi) is 5.96. The molecule has 0 radical (unpaired) electrons. The summed E-state index contributed by atoms with van der Waals surface area (Å²) in [5.74, 6) is 0.794. The molecule has 1 heterocycles. The van der Waals surface area contributed by atoms with Crippen molar-refractivity contribution in [1.82, 2.24) is 15.5 Å². The number of carbonyl (C=O) groups excluding carboxylic acids is 1. The molecule has 1 amide bonds. The Morgan fingerprint density at radius 2 is 1.60 bits per heavy atom. The molecule has 0 aliphatic carbocycles. The normalized spacial score (nSPS) is 11.8. The van der Waals surface area contributed by atoms with Crippen LogP contribution in [-0.2, 0) is 11.3 Å². The number of hydrogen-bond donors (Lipinski definition) is 2. The molecule has 1 aromatic heterocycles. The lowest BCUT2D eigenvalue weighted by molar-refractivity contribution is -0.118. The topological polar surface area (TPSA) is 80.0 Å². The molecule has 0 saturated carbocycles. The molecule has 3 aromatic carbocycles. The Morgan fingerprint density at radius 3 is 2.33 bits per heavy atom. The second-order valence-corrected chi connectivity index (χ2v) is 6.91. The third-order valence-electron chi connectivity index (χ3n) is 4.75. The first-order chi connectivity index (χ1) is 14.7. The first-order valence-electron chi connectivity index (χ1n) is 9.73. The Bertz CT molecular complexity index is 1110. The predicted octanol–water partition coefficient (Wildman–Crippen LogP) is 4.51. The molecule has 0 bridgehead atoms. The minimum Gasteiger partial charge on any atom is -0.338 e. The number of nitrogens with one attached hydrogen (secondary N) is 2. The van der Waals surface area contributed by atoms with Gasteiger partial charge in [-0.3, -0.25) is 10.1 Å². The highest BCUT2D eigenvalue weighted by atomic mass is 16.5. The maximum atomic E-state index is 13.0. The number of anilines is 1. The molecule has 0 saturated heterocycles. The quantitative estimate of drug-likeness (QED) is 0.479. The van der Waals surface area contributed by atoms with Crippen molar-refractivity contribution in [2.45, 2.75) is 19.5 Å². The zero-order valence-corrected chi connectivity index (χ0v) is 16.6. The van der Waals surface area contributed by atoms with Gasteiger partial charge in [-0.2, -0.15) is 4.98 Å². The first-order valence-corrected chi connectivity index (χ1v) is 9.73. The zero-order chi connectivity index (χ0) is 20.8. The lowest BCUT2D eigenvalue weighted by Gasteiger charge is -2.18. The van der Waals surface area contributed by atoms with E-state index in [-0.39, 0.29) is 12.5 Å². The van der Waals surface area contributed by atoms with Crippen molar-refractivity contribution in [2.24, 2.45) is 0 Å². The van der Waals surface area contributed by atoms with E-state index in [9.17, 15) is 4.79 Å². The van der Waals surface area contributed by atoms with Crippen molar-refractivity contribution < 1.29 is 9.32 Å². The number of hydrogen-bond acceptors (Lipinski definition) is 5. The van der Waals surface area contributed by atoms with Gasteiger partial charge >= 0.3 is 0 Å². The van der Waals surface area contributed by atoms with Crippen LogP contribution in [0.1, 0.15) is 23.1 Å². The molecule has 6 nitrogen and oxygen atoms in total. The molecule has 0 spiro atoms. The highest BCUT2D eigenvalue weighted by Crippen LogP contribution is 2.21. The first kappa shape index (κ1) is 19.5. The van der Waals surface area contributed by atoms with E-state index < -0.39 is 6.04 Å². The van der Waals surface area contributed by atoms with Crippen LogP contribution in [0.25, 0.3) is 11.4 Å². The van der Waals surface area contributed by atoms with Crippen LogP contribution in [0.5, 0.6) is 0 Å². The smallest absolute Gasteiger partial charge is 0.246 e. The maximum Gasteiger partial charge on any atom is 0.246 e. The summed E-state index contributed by atoms with van der Waals surface area (Å²) in [6.07, 6.45) is 0. The van der Waals surface area contributed by atoms with Crippen LogP contribution in [0.3, 0.4) is 0 Å². The van der Waals surface area contributed by atoms with Gasteiger partial charge < -0.3 is 9.84 Å². The number of rotatable bonds is 7. The lowest BCUT2D eigenvalue weighted by atomic mass is 10.1. The van der Waals surface area contributed by atoms with Crippen LogP contribution in [0, 0.1) is 6.92 Å². The molecular formula is C24H22N4O2. The van der Waals surface area contributed by atoms with Gasteiger partial charge in [0.1, 0.15) is 6.04 Å². The molecule has 6 heteroatoms. The van der Waals surface area contributed by atoms with Crippen LogP contribution in [-0.4, -0.2) is 16.0 Å². The minimum atomic E-state index is -0.569. The van der Waals surface area contributed by atoms with E-state index in [0.717, 1.165) is 22.4 Å². The fourth-order valence-corrected chi connectivity index (χ4v) is 3.19. The van der Waals surface area contributed by atoms with Crippen LogP contribution in [0.15, 0.2) is 89.5 Å². The average molecular weight is 398 g/mol. The molecule has 0 aliphatic rings. The van der Waals surface area contributed by atoms with E-state index in [1.807, 2.05) is 91.9 Å². The molecule has 4 rings (SSSR count). The third kappa shape index (κ3) is 4.61. The SMILES string of the molecule is Cc1ccccc1-c1noc(CNC(C(=O)Nc2ccccc2)c2ccccc2)n1. The molecule has 30 heavy (non-hydrogen) atoms. The number of amides is 1. The van der Waals surface area contributed by atoms with Gasteiger partial charge in [0.2, 0.25) is 17.6 Å². The summed E-state index contributed by atoms with van der Waals surface area (Å²) in [6, 6.07) is 26.2. The molecule has 4 aromatic rings. The summed E-state index contributed by atoms with van der Waals surface area (Å²) >= 11 is 0. The summed E-state index contributed by atoms with van der Waals surface area (Å²) in [5, 5.41) is 10.3. The number of aromatic nitrogens is 2. The zero-order valence-electron chi connectivity index (χ0n) is 16.6. The minimum absolute atomic E-state index is 0.161. The highest BCUT2D eigenvalue weighted by molar-refractivity contribution is 5.95. The van der Waals surface area contributed by atoms with Crippen LogP contribution in [0.2, 0.25) is 0 Å². The highest BCUT2D eigenvalue weighted by Gasteiger charge is 2.21. The second kappa shape index (κ2) is 9.15. The molecule has 2 N–H and O–H groups in total. The van der Waals surface area contributed by atoms with Gasteiger partial charge in [0.15, 0.2) is 0 Å². The Hall–Kier alpha value is -3.77. The van der Waals surface area contributed by atoms with E-state index >= 15 is 0 Å². The fourth-order valence-electron chi connectivity index (χ4n) is 3.19. The molecule has 1 atom stereocenters. The van der Waals surface area contributed by atoms with Crippen molar-refractivity contribution in [1.29, 1.82) is 0 Å². The van der Waals surface area contributed by atoms with Gasteiger partial charge in [0.25, 0.3) is 0 Å². The number of nitrogens with zero attached hydrogens (tertiary/aromatic N) is 2. The average Bonchev–Trinajstić information content (AvgIpc) is 3.24. The molecule has 1 unspecified atom stereocenters. The summed E-state index contributed by atoms with van der Waals surface area (Å²) in [5.41, 5.74) is 3.59. The van der Waals surface area contributed by atoms with Gasteiger partial charge in [-0.05, 0) is 30.2 Å². The van der Waals surface area contributed by atoms with Crippen molar-refractivity contribution in [3.05, 3.63) is 102 Å². The summed E-state index contributed by atoms with van der Waals surface area (Å²) < 4.78 is 5.40. The van der Waals surface area contributed by atoms with Crippen molar-refractivity contribution >= 4 is 11.6 Å². The van der Waals surface area contributed by atoms with Gasteiger partial charge in [-0.1, -0.05) is 78.0 Å². The monoisotopic (exact) mass is 398 g/mol. The third-order valence-corrected chi connectivity index (χ3v) is 4.75. The van der Waals surface area contributed by atoms with Gasteiger partial charge in [-0.15, -0.1) is 0 Å². The van der Waals surface area contributed by atoms with E-state index in [1.54, 1.807) is 0 Å². The Labute approximate surface area is 175 Å². The Balaban J connectivity index is 1.50. The summed E-state index contributed by atoms with van der Waals surface area (Å²) in [4.78, 5) is 17.4. The second-order valence-electron chi connectivity index (χ2n) is 6.91. The van der Waals surface area contributed by atoms with E-state index in [4.69, 9.17) is 4.52 Å². The number of carbonyl (C=O) groups is 1. The summed E-state index contributed by atoms with van der Waals surface area (Å²) in [6.45, 7) is 2.27. The Morgan fingerprint density at radius 1 is 0.933 bits per heavy atom. The van der Waals surface area contributed by atoms with E-state index in [2.05, 4.69) is 20.8 Å². The molecule has 0 aliphatic heterocycles. The fraction of sp³-hybridized carbons (Fsp3) is 0.125. The number of aryl methyl sites for hydroxylation is 1. The van der Waals surface area contributed by atoms with Crippen molar-refractivity contribution in [2.75, 3.05) is 5.32 Å². The van der Waals surface area contributed by atoms with Crippen molar-refractivity contribution in [3.63, 3.8) is 0 Å². The van der Waals surface area contributed by atoms with Crippen LogP contribution < -0.4 is 10.6 Å². The maximum absolute atomic E-state index is 13.0. The van der Waals surface area contributed by atoms with E-state index in [1.165, 1.54) is 0 Å². The van der Waals surface area contributed by atoms with Gasteiger partial charge in [0.05, 0.1) is 6.54 Å². The van der Waals surface area contributed by atoms with Gasteiger partial charge in [-0.25, -0.2) is 0 Å². The van der Waals surface area contributed by atoms with Gasteiger partial charge in [0, 0.05) is 11.3 Å². The van der Waals surface area contributed by atoms with Crippen LogP contribution >= 0.6 is 0 Å². The van der Waals surface area contributed by atoms with Crippen molar-refractivity contribution in [3.8, 4) is 11.4 Å². The number of benzene rings is 3. The largest absolute Gasteiger partial charge is 0.338 e. The molecule has 150 valence electrons. The lowest BCUT2D eigenvalue weighted by Crippen LogP contribution is -2.32. The molecule has 0 fully saturated rings. The summed E-state index contributed by atoms with van der Waals surface area (Å²) in [7, 11) is 0. The van der Waals surface area contributed by atoms with Crippen LogP contribution in [0.4, 0.5) is 5.69 Å². The standard InChI is InChI=1S/C24H22N4O2/c1-17-10-8-9-15-20(17)23-27-21(30-28-23)16-25-22(18-11-4-2-5-12-18)24(29)26-19-13-6-3-7-14-19/h2-15,22,25H,16H2,1H3,(H,26,29). The molecular weight excluding hydrogens is 376 g/mol.